The lowest BCUT2D eigenvalue weighted by atomic mass is 10.1. The Balaban J connectivity index is 1.53. The van der Waals surface area contributed by atoms with Gasteiger partial charge in [0.05, 0.1) is 17.6 Å². The number of alkyl carbamates (subject to hydrolysis) is 1. The standard InChI is InChI=1S/C24H28N6O4S/c1-15-17(12-13-32-15)19-27-28-21(30(19)16-10-8-7-9-11-16)35-14-18-25-20(29-34-18)24(5,6)26-22(31)33-23(2,3)4/h7-13H,14H2,1-6H3,(H,26,31). The number of amides is 1. The van der Waals surface area contributed by atoms with E-state index >= 15 is 0 Å². The number of thioether (sulfide) groups is 1. The first-order valence-corrected chi connectivity index (χ1v) is 12.0. The van der Waals surface area contributed by atoms with E-state index in [9.17, 15) is 4.79 Å². The van der Waals surface area contributed by atoms with E-state index in [1.54, 1.807) is 40.9 Å². The lowest BCUT2D eigenvalue weighted by Gasteiger charge is -2.26. The fourth-order valence-electron chi connectivity index (χ4n) is 3.27. The molecular weight excluding hydrogens is 468 g/mol. The maximum absolute atomic E-state index is 12.2. The van der Waals surface area contributed by atoms with Crippen LogP contribution in [0.15, 0.2) is 56.8 Å². The third-order valence-corrected chi connectivity index (χ3v) is 5.83. The van der Waals surface area contributed by atoms with Gasteiger partial charge >= 0.3 is 6.09 Å². The number of benzene rings is 1. The van der Waals surface area contributed by atoms with Crippen LogP contribution >= 0.6 is 11.8 Å². The molecule has 1 aromatic carbocycles. The number of carbonyl (C=O) groups excluding carboxylic acids is 1. The van der Waals surface area contributed by atoms with E-state index in [1.807, 2.05) is 47.9 Å². The first kappa shape index (κ1) is 24.5. The number of carbonyl (C=O) groups is 1. The van der Waals surface area contributed by atoms with Gasteiger partial charge in [-0.1, -0.05) is 35.1 Å². The van der Waals surface area contributed by atoms with Crippen LogP contribution in [-0.4, -0.2) is 36.6 Å². The number of ether oxygens (including phenoxy) is 1. The van der Waals surface area contributed by atoms with Gasteiger partial charge in [0, 0.05) is 5.69 Å². The molecule has 11 heteroatoms. The molecule has 0 atom stereocenters. The second-order valence-electron chi connectivity index (χ2n) is 9.42. The van der Waals surface area contributed by atoms with Gasteiger partial charge < -0.3 is 19.0 Å². The molecule has 0 spiro atoms. The summed E-state index contributed by atoms with van der Waals surface area (Å²) in [6.45, 7) is 10.9. The molecule has 0 bridgehead atoms. The van der Waals surface area contributed by atoms with E-state index in [0.717, 1.165) is 17.0 Å². The van der Waals surface area contributed by atoms with E-state index in [4.69, 9.17) is 13.7 Å². The van der Waals surface area contributed by atoms with Gasteiger partial charge in [-0.15, -0.1) is 10.2 Å². The predicted octanol–water partition coefficient (Wildman–Crippen LogP) is 5.27. The molecule has 0 aliphatic rings. The van der Waals surface area contributed by atoms with Crippen LogP contribution < -0.4 is 5.32 Å². The Morgan fingerprint density at radius 3 is 2.51 bits per heavy atom. The van der Waals surface area contributed by atoms with E-state index in [2.05, 4.69) is 25.7 Å². The summed E-state index contributed by atoms with van der Waals surface area (Å²) in [6, 6.07) is 11.7. The van der Waals surface area contributed by atoms with Crippen LogP contribution in [0.25, 0.3) is 17.1 Å². The Morgan fingerprint density at radius 1 is 1.11 bits per heavy atom. The van der Waals surface area contributed by atoms with Crippen molar-refractivity contribution >= 4 is 17.9 Å². The number of aryl methyl sites for hydroxylation is 1. The second-order valence-corrected chi connectivity index (χ2v) is 10.4. The Kier molecular flexibility index (Phi) is 6.70. The molecule has 4 rings (SSSR count). The zero-order valence-corrected chi connectivity index (χ0v) is 21.3. The number of hydrogen-bond acceptors (Lipinski definition) is 9. The van der Waals surface area contributed by atoms with Gasteiger partial charge in [-0.3, -0.25) is 4.57 Å². The number of nitrogens with zero attached hydrogens (tertiary/aromatic N) is 5. The minimum Gasteiger partial charge on any atom is -0.469 e. The van der Waals surface area contributed by atoms with Crippen molar-refractivity contribution in [3.8, 4) is 17.1 Å². The number of aromatic nitrogens is 5. The Labute approximate surface area is 207 Å². The summed E-state index contributed by atoms with van der Waals surface area (Å²) in [4.78, 5) is 16.7. The molecule has 0 saturated carbocycles. The third kappa shape index (κ3) is 5.73. The molecular formula is C24H28N6O4S. The molecule has 0 unspecified atom stereocenters. The van der Waals surface area contributed by atoms with Crippen molar-refractivity contribution < 1.29 is 18.5 Å². The van der Waals surface area contributed by atoms with Crippen LogP contribution in [0.5, 0.6) is 0 Å². The minimum absolute atomic E-state index is 0.346. The molecule has 1 N–H and O–H groups in total. The topological polar surface area (TPSA) is 121 Å². The monoisotopic (exact) mass is 496 g/mol. The van der Waals surface area contributed by atoms with E-state index in [1.165, 1.54) is 11.8 Å². The van der Waals surface area contributed by atoms with Crippen molar-refractivity contribution in [3.05, 3.63) is 60.1 Å². The number of hydrogen-bond donors (Lipinski definition) is 1. The largest absolute Gasteiger partial charge is 0.469 e. The molecule has 0 aliphatic carbocycles. The Bertz CT molecular complexity index is 1300. The lowest BCUT2D eigenvalue weighted by molar-refractivity contribution is 0.0465. The van der Waals surface area contributed by atoms with Crippen LogP contribution in [0.3, 0.4) is 0 Å². The SMILES string of the molecule is Cc1occc1-c1nnc(SCc2nc(C(C)(C)NC(=O)OC(C)(C)C)no2)n1-c1ccccc1. The average Bonchev–Trinajstić information content (AvgIpc) is 3.50. The van der Waals surface area contributed by atoms with Gasteiger partial charge in [-0.05, 0) is 59.7 Å². The van der Waals surface area contributed by atoms with Crippen LogP contribution in [0.1, 0.15) is 52.1 Å². The molecule has 0 fully saturated rings. The van der Waals surface area contributed by atoms with E-state index in [-0.39, 0.29) is 0 Å². The van der Waals surface area contributed by atoms with Gasteiger partial charge in [-0.2, -0.15) is 4.98 Å². The zero-order valence-electron chi connectivity index (χ0n) is 20.5. The zero-order chi connectivity index (χ0) is 25.2. The maximum atomic E-state index is 12.2. The van der Waals surface area contributed by atoms with E-state index < -0.39 is 17.2 Å². The molecule has 184 valence electrons. The van der Waals surface area contributed by atoms with Crippen molar-refractivity contribution in [2.45, 2.75) is 63.6 Å². The van der Waals surface area contributed by atoms with Crippen LogP contribution in [0.4, 0.5) is 4.79 Å². The van der Waals surface area contributed by atoms with Gasteiger partial charge in [0.2, 0.25) is 5.89 Å². The molecule has 10 nitrogen and oxygen atoms in total. The normalized spacial score (nSPS) is 12.1. The van der Waals surface area contributed by atoms with Crippen molar-refractivity contribution in [3.63, 3.8) is 0 Å². The fourth-order valence-corrected chi connectivity index (χ4v) is 4.06. The lowest BCUT2D eigenvalue weighted by Crippen LogP contribution is -2.44. The molecule has 0 saturated heterocycles. The molecule has 3 heterocycles. The van der Waals surface area contributed by atoms with Gasteiger partial charge in [-0.25, -0.2) is 4.79 Å². The second kappa shape index (κ2) is 9.57. The highest BCUT2D eigenvalue weighted by Crippen LogP contribution is 2.31. The van der Waals surface area contributed by atoms with Crippen molar-refractivity contribution in [2.75, 3.05) is 0 Å². The Hall–Kier alpha value is -3.60. The maximum Gasteiger partial charge on any atom is 0.408 e. The summed E-state index contributed by atoms with van der Waals surface area (Å²) in [5.74, 6) is 2.54. The minimum atomic E-state index is -0.884. The predicted molar refractivity (Wildman–Crippen MR) is 130 cm³/mol. The number of furan rings is 1. The van der Waals surface area contributed by atoms with Gasteiger partial charge in [0.1, 0.15) is 16.9 Å². The quantitative estimate of drug-likeness (QED) is 0.341. The van der Waals surface area contributed by atoms with Crippen molar-refractivity contribution in [2.24, 2.45) is 0 Å². The molecule has 0 radical (unpaired) electrons. The van der Waals surface area contributed by atoms with Gasteiger partial charge in [0.25, 0.3) is 0 Å². The van der Waals surface area contributed by atoms with Crippen LogP contribution in [0.2, 0.25) is 0 Å². The first-order chi connectivity index (χ1) is 16.5. The molecule has 1 amide bonds. The van der Waals surface area contributed by atoms with Crippen LogP contribution in [-0.2, 0) is 16.0 Å². The number of nitrogens with one attached hydrogen (secondary N) is 1. The summed E-state index contributed by atoms with van der Waals surface area (Å²) in [5, 5.41) is 16.3. The summed E-state index contributed by atoms with van der Waals surface area (Å²) < 4.78 is 18.2. The molecule has 4 aromatic rings. The van der Waals surface area contributed by atoms with Gasteiger partial charge in [0.15, 0.2) is 16.8 Å². The van der Waals surface area contributed by atoms with Crippen molar-refractivity contribution in [1.82, 2.24) is 30.2 Å². The first-order valence-electron chi connectivity index (χ1n) is 11.1. The summed E-state index contributed by atoms with van der Waals surface area (Å²) in [5.41, 5.74) is 0.291. The highest BCUT2D eigenvalue weighted by molar-refractivity contribution is 7.98. The molecule has 0 aliphatic heterocycles. The van der Waals surface area contributed by atoms with E-state index in [0.29, 0.717) is 28.4 Å². The number of para-hydroxylation sites is 1. The van der Waals surface area contributed by atoms with Crippen molar-refractivity contribution in [1.29, 1.82) is 0 Å². The number of rotatable bonds is 7. The summed E-state index contributed by atoms with van der Waals surface area (Å²) in [7, 11) is 0. The molecule has 3 aromatic heterocycles. The third-order valence-electron chi connectivity index (χ3n) is 4.91. The fraction of sp³-hybridized carbons (Fsp3) is 0.375. The highest BCUT2D eigenvalue weighted by Gasteiger charge is 2.31. The van der Waals surface area contributed by atoms with Crippen LogP contribution in [0, 0.1) is 6.92 Å². The highest BCUT2D eigenvalue weighted by atomic mass is 32.2. The molecule has 35 heavy (non-hydrogen) atoms. The summed E-state index contributed by atoms with van der Waals surface area (Å²) >= 11 is 1.42. The smallest absolute Gasteiger partial charge is 0.408 e. The Morgan fingerprint density at radius 2 is 1.86 bits per heavy atom. The average molecular weight is 497 g/mol. The summed E-state index contributed by atoms with van der Waals surface area (Å²) in [6.07, 6.45) is 1.08.